The van der Waals surface area contributed by atoms with Crippen LogP contribution in [0.15, 0.2) is 48.5 Å². The van der Waals surface area contributed by atoms with Crippen molar-refractivity contribution >= 4 is 18.0 Å². The number of ketones is 1. The minimum Gasteiger partial charge on any atom is -0.444 e. The first-order chi connectivity index (χ1) is 15.6. The molecule has 0 bridgehead atoms. The van der Waals surface area contributed by atoms with Gasteiger partial charge in [0.15, 0.2) is 5.78 Å². The topological polar surface area (TPSA) is 93.7 Å². The van der Waals surface area contributed by atoms with Gasteiger partial charge in [0.25, 0.3) is 0 Å². The summed E-state index contributed by atoms with van der Waals surface area (Å²) in [6, 6.07) is 12.4. The van der Waals surface area contributed by atoms with Gasteiger partial charge in [-0.15, -0.1) is 0 Å². The first-order valence-corrected chi connectivity index (χ1v) is 11.3. The second kappa shape index (κ2) is 10.7. The van der Waals surface area contributed by atoms with E-state index in [-0.39, 0.29) is 0 Å². The molecule has 34 heavy (non-hydrogen) atoms. The molecule has 2 atom stereocenters. The van der Waals surface area contributed by atoms with Gasteiger partial charge in [-0.3, -0.25) is 4.79 Å². The van der Waals surface area contributed by atoms with Crippen LogP contribution in [0, 0.1) is 13.8 Å². The molecule has 7 heteroatoms. The van der Waals surface area contributed by atoms with E-state index < -0.39 is 41.3 Å². The summed E-state index contributed by atoms with van der Waals surface area (Å²) in [5.74, 6) is -0.426. The molecule has 2 aromatic rings. The molecular weight excluding hydrogens is 432 g/mol. The van der Waals surface area contributed by atoms with Crippen molar-refractivity contribution in [3.8, 4) is 0 Å². The number of ether oxygens (including phenoxy) is 2. The molecule has 0 aliphatic carbocycles. The van der Waals surface area contributed by atoms with Crippen molar-refractivity contribution in [3.63, 3.8) is 0 Å². The molecule has 184 valence electrons. The van der Waals surface area contributed by atoms with E-state index in [0.29, 0.717) is 11.1 Å². The summed E-state index contributed by atoms with van der Waals surface area (Å²) in [5.41, 5.74) is 1.68. The third-order valence-electron chi connectivity index (χ3n) is 4.71. The lowest BCUT2D eigenvalue weighted by atomic mass is 9.92. The second-order valence-electron chi connectivity index (χ2n) is 10.4. The molecule has 2 aromatic carbocycles. The molecule has 7 nitrogen and oxygen atoms in total. The van der Waals surface area contributed by atoms with E-state index in [1.165, 1.54) is 0 Å². The molecule has 2 amide bonds. The van der Waals surface area contributed by atoms with Gasteiger partial charge in [-0.05, 0) is 66.5 Å². The maximum absolute atomic E-state index is 13.9. The van der Waals surface area contributed by atoms with Crippen molar-refractivity contribution in [3.05, 3.63) is 70.8 Å². The Bertz CT molecular complexity index is 918. The van der Waals surface area contributed by atoms with E-state index in [1.807, 2.05) is 38.1 Å². The van der Waals surface area contributed by atoms with Crippen molar-refractivity contribution in [2.75, 3.05) is 0 Å². The Morgan fingerprint density at radius 1 is 0.618 bits per heavy atom. The molecular formula is C27H36N2O5. The number of alkyl carbamates (subject to hydrolysis) is 2. The summed E-state index contributed by atoms with van der Waals surface area (Å²) in [7, 11) is 0. The monoisotopic (exact) mass is 468 g/mol. The van der Waals surface area contributed by atoms with Crippen LogP contribution in [0.2, 0.25) is 0 Å². The number of Topliss-reactive ketones (excluding diaryl/α,β-unsaturated/α-hetero) is 1. The van der Waals surface area contributed by atoms with E-state index in [9.17, 15) is 14.4 Å². The van der Waals surface area contributed by atoms with Gasteiger partial charge in [-0.25, -0.2) is 9.59 Å². The van der Waals surface area contributed by atoms with E-state index in [1.54, 1.807) is 65.8 Å². The van der Waals surface area contributed by atoms with Crippen LogP contribution in [-0.2, 0) is 14.3 Å². The Labute approximate surface area is 202 Å². The van der Waals surface area contributed by atoms with Crippen molar-refractivity contribution < 1.29 is 23.9 Å². The van der Waals surface area contributed by atoms with Crippen molar-refractivity contribution in [1.29, 1.82) is 0 Å². The summed E-state index contributed by atoms with van der Waals surface area (Å²) in [6.45, 7) is 14.3. The van der Waals surface area contributed by atoms with Gasteiger partial charge < -0.3 is 20.1 Å². The van der Waals surface area contributed by atoms with Gasteiger partial charge in [0.1, 0.15) is 23.3 Å². The van der Waals surface area contributed by atoms with E-state index in [2.05, 4.69) is 10.6 Å². The maximum Gasteiger partial charge on any atom is 0.408 e. The number of carbonyl (C=O) groups excluding carboxylic acids is 3. The predicted molar refractivity (Wildman–Crippen MR) is 132 cm³/mol. The normalized spacial score (nSPS) is 13.4. The van der Waals surface area contributed by atoms with Crippen LogP contribution in [0.25, 0.3) is 0 Å². The molecule has 0 radical (unpaired) electrons. The summed E-state index contributed by atoms with van der Waals surface area (Å²) in [5, 5.41) is 5.38. The fraction of sp³-hybridized carbons (Fsp3) is 0.444. The Hall–Kier alpha value is -3.35. The first-order valence-electron chi connectivity index (χ1n) is 11.3. The fourth-order valence-corrected chi connectivity index (χ4v) is 3.17. The first kappa shape index (κ1) is 26.9. The number of benzene rings is 2. The molecule has 0 aliphatic heterocycles. The zero-order valence-corrected chi connectivity index (χ0v) is 21.3. The summed E-state index contributed by atoms with van der Waals surface area (Å²) >= 11 is 0. The van der Waals surface area contributed by atoms with Crippen LogP contribution in [0.4, 0.5) is 9.59 Å². The maximum atomic E-state index is 13.9. The van der Waals surface area contributed by atoms with Gasteiger partial charge in [-0.2, -0.15) is 0 Å². The largest absolute Gasteiger partial charge is 0.444 e. The molecule has 0 saturated heterocycles. The van der Waals surface area contributed by atoms with Crippen LogP contribution < -0.4 is 10.6 Å². The molecule has 0 spiro atoms. The van der Waals surface area contributed by atoms with Gasteiger partial charge in [0.05, 0.1) is 0 Å². The van der Waals surface area contributed by atoms with Gasteiger partial charge in [0.2, 0.25) is 0 Å². The molecule has 2 rings (SSSR count). The number of rotatable bonds is 6. The Kier molecular flexibility index (Phi) is 8.48. The average Bonchev–Trinajstić information content (AvgIpc) is 2.69. The van der Waals surface area contributed by atoms with Crippen LogP contribution in [0.1, 0.15) is 75.9 Å². The molecule has 0 saturated carbocycles. The Balaban J connectivity index is 2.46. The van der Waals surface area contributed by atoms with E-state index in [4.69, 9.17) is 9.47 Å². The Morgan fingerprint density at radius 3 is 1.18 bits per heavy atom. The minimum absolute atomic E-state index is 0.426. The number of carbonyl (C=O) groups is 3. The highest BCUT2D eigenvalue weighted by atomic mass is 16.6. The highest BCUT2D eigenvalue weighted by molar-refractivity contribution is 5.95. The lowest BCUT2D eigenvalue weighted by molar-refractivity contribution is -0.123. The van der Waals surface area contributed by atoms with Crippen LogP contribution in [-0.4, -0.2) is 29.2 Å². The molecule has 2 N–H and O–H groups in total. The average molecular weight is 469 g/mol. The standard InChI is InChI=1S/C27H36N2O5/c1-17-9-13-19(14-10-17)21(28-24(31)33-26(3,4)5)23(30)22(20-15-11-18(2)12-16-20)29-25(32)34-27(6,7)8/h9-16,21-22H,1-8H3,(H,28,31)(H,29,32)/t21-,22?/m1/s1. The number of nitrogens with one attached hydrogen (secondary N) is 2. The van der Waals surface area contributed by atoms with Gasteiger partial charge >= 0.3 is 12.2 Å². The molecule has 0 fully saturated rings. The summed E-state index contributed by atoms with van der Waals surface area (Å²) < 4.78 is 10.8. The lowest BCUT2D eigenvalue weighted by Crippen LogP contribution is -2.44. The summed E-state index contributed by atoms with van der Waals surface area (Å²) in [6.07, 6.45) is -1.46. The quantitative estimate of drug-likeness (QED) is 0.567. The Morgan fingerprint density at radius 2 is 0.912 bits per heavy atom. The minimum atomic E-state index is -1.06. The van der Waals surface area contributed by atoms with Crippen LogP contribution in [0.5, 0.6) is 0 Å². The van der Waals surface area contributed by atoms with E-state index in [0.717, 1.165) is 11.1 Å². The number of hydrogen-bond acceptors (Lipinski definition) is 5. The second-order valence-corrected chi connectivity index (χ2v) is 10.4. The number of aryl methyl sites for hydroxylation is 2. The molecule has 0 aromatic heterocycles. The van der Waals surface area contributed by atoms with Crippen molar-refractivity contribution in [1.82, 2.24) is 10.6 Å². The van der Waals surface area contributed by atoms with Crippen molar-refractivity contribution in [2.24, 2.45) is 0 Å². The van der Waals surface area contributed by atoms with Crippen LogP contribution in [0.3, 0.4) is 0 Å². The fourth-order valence-electron chi connectivity index (χ4n) is 3.17. The molecule has 0 aliphatic rings. The smallest absolute Gasteiger partial charge is 0.408 e. The molecule has 1 unspecified atom stereocenters. The zero-order valence-electron chi connectivity index (χ0n) is 21.3. The summed E-state index contributed by atoms with van der Waals surface area (Å²) in [4.78, 5) is 39.1. The van der Waals surface area contributed by atoms with Gasteiger partial charge in [-0.1, -0.05) is 59.7 Å². The highest BCUT2D eigenvalue weighted by Gasteiger charge is 2.34. The SMILES string of the molecule is Cc1ccc(C(NC(=O)OC(C)(C)C)C(=O)[C@H](NC(=O)OC(C)(C)C)c2ccc(C)cc2)cc1. The van der Waals surface area contributed by atoms with Gasteiger partial charge in [0, 0.05) is 0 Å². The van der Waals surface area contributed by atoms with E-state index >= 15 is 0 Å². The van der Waals surface area contributed by atoms with Crippen molar-refractivity contribution in [2.45, 2.75) is 78.7 Å². The molecule has 0 heterocycles. The zero-order chi connectivity index (χ0) is 25.7. The third-order valence-corrected chi connectivity index (χ3v) is 4.71. The number of hydrogen-bond donors (Lipinski definition) is 2. The lowest BCUT2D eigenvalue weighted by Gasteiger charge is -2.28. The predicted octanol–water partition coefficient (Wildman–Crippen LogP) is 5.70. The highest BCUT2D eigenvalue weighted by Crippen LogP contribution is 2.25. The van der Waals surface area contributed by atoms with Crippen LogP contribution >= 0.6 is 0 Å². The third kappa shape index (κ3) is 8.54. The number of amides is 2.